The van der Waals surface area contributed by atoms with Crippen molar-refractivity contribution < 1.29 is 27.1 Å². The molecule has 3 aromatic rings. The molecule has 30 heavy (non-hydrogen) atoms. The maximum absolute atomic E-state index is 13.0. The topological polar surface area (TPSA) is 129 Å². The molecule has 1 aromatic heterocycles. The van der Waals surface area contributed by atoms with Crippen LogP contribution in [0.1, 0.15) is 21.7 Å². The number of nitrogens with two attached hydrogens (primary N) is 2. The van der Waals surface area contributed by atoms with Crippen molar-refractivity contribution >= 4 is 29.2 Å². The van der Waals surface area contributed by atoms with Gasteiger partial charge in [0, 0.05) is 11.4 Å². The Labute approximate surface area is 166 Å². The molecule has 0 bridgehead atoms. The fraction of sp³-hybridized carbons (Fsp3) is 0.111. The number of aromatic nitrogens is 3. The lowest BCUT2D eigenvalue weighted by atomic mass is 10.1. The van der Waals surface area contributed by atoms with Crippen molar-refractivity contribution in [3.8, 4) is 0 Å². The van der Waals surface area contributed by atoms with Gasteiger partial charge in [0.25, 0.3) is 0 Å². The van der Waals surface area contributed by atoms with E-state index in [0.29, 0.717) is 11.8 Å². The first kappa shape index (κ1) is 20.8. The van der Waals surface area contributed by atoms with E-state index in [1.807, 2.05) is 0 Å². The maximum Gasteiger partial charge on any atom is 0.416 e. The van der Waals surface area contributed by atoms with Gasteiger partial charge in [0.1, 0.15) is 5.82 Å². The van der Waals surface area contributed by atoms with Crippen LogP contribution in [0.5, 0.6) is 0 Å². The Hall–Kier alpha value is -3.96. The number of halogens is 4. The molecule has 12 heteroatoms. The zero-order valence-electron chi connectivity index (χ0n) is 15.1. The number of carbonyl (C=O) groups is 1. The van der Waals surface area contributed by atoms with Gasteiger partial charge in [0.2, 0.25) is 11.9 Å². The Morgan fingerprint density at radius 1 is 1.03 bits per heavy atom. The van der Waals surface area contributed by atoms with Gasteiger partial charge >= 0.3 is 12.1 Å². The molecule has 5 N–H and O–H groups in total. The van der Waals surface area contributed by atoms with E-state index in [9.17, 15) is 22.4 Å². The number of hydrogen-bond acceptors (Lipinski definition) is 8. The molecular formula is C18H14F4N6O2. The summed E-state index contributed by atoms with van der Waals surface area (Å²) in [5, 5.41) is 2.79. The van der Waals surface area contributed by atoms with E-state index in [4.69, 9.17) is 16.2 Å². The molecule has 2 aromatic carbocycles. The number of nitrogens with one attached hydrogen (secondary N) is 1. The van der Waals surface area contributed by atoms with Gasteiger partial charge in [0.15, 0.2) is 12.4 Å². The second-order valence-corrected chi connectivity index (χ2v) is 5.94. The molecule has 0 saturated heterocycles. The van der Waals surface area contributed by atoms with Gasteiger partial charge in [-0.1, -0.05) is 0 Å². The summed E-state index contributed by atoms with van der Waals surface area (Å²) >= 11 is 0. The zero-order chi connectivity index (χ0) is 21.9. The number of anilines is 4. The summed E-state index contributed by atoms with van der Waals surface area (Å²) in [6.07, 6.45) is -4.59. The number of esters is 1. The third-order valence-electron chi connectivity index (χ3n) is 3.73. The minimum atomic E-state index is -4.59. The van der Waals surface area contributed by atoms with E-state index in [0.717, 1.165) is 12.1 Å². The van der Waals surface area contributed by atoms with E-state index < -0.39 is 30.1 Å². The van der Waals surface area contributed by atoms with Crippen LogP contribution in [0.4, 0.5) is 40.8 Å². The standard InChI is InChI=1S/C18H14F4N6O2/c19-10-2-4-11(5-3-10)25-17-27-14(26-16(24)28-17)8-30-15(29)12-6-1-9(7-13(12)23)18(20,21)22/h1-7H,8,23H2,(H3,24,25,26,27,28). The predicted molar refractivity (Wildman–Crippen MR) is 98.9 cm³/mol. The number of hydrogen-bond donors (Lipinski definition) is 3. The molecule has 0 fully saturated rings. The average molecular weight is 422 g/mol. The average Bonchev–Trinajstić information content (AvgIpc) is 2.67. The molecule has 0 atom stereocenters. The number of nitrogen functional groups attached to an aromatic ring is 2. The van der Waals surface area contributed by atoms with Gasteiger partial charge in [-0.2, -0.15) is 28.1 Å². The van der Waals surface area contributed by atoms with Gasteiger partial charge in [-0.25, -0.2) is 9.18 Å². The Balaban J connectivity index is 1.70. The second-order valence-electron chi connectivity index (χ2n) is 5.94. The van der Waals surface area contributed by atoms with Gasteiger partial charge in [0.05, 0.1) is 11.1 Å². The first-order valence-electron chi connectivity index (χ1n) is 8.28. The molecule has 0 amide bonds. The number of rotatable bonds is 5. The summed E-state index contributed by atoms with van der Waals surface area (Å²) in [5.41, 5.74) is 10.0. The van der Waals surface area contributed by atoms with Crippen LogP contribution in [-0.4, -0.2) is 20.9 Å². The molecule has 1 heterocycles. The van der Waals surface area contributed by atoms with Crippen molar-refractivity contribution in [2.45, 2.75) is 12.8 Å². The zero-order valence-corrected chi connectivity index (χ0v) is 15.1. The lowest BCUT2D eigenvalue weighted by Gasteiger charge is -2.11. The molecule has 0 saturated carbocycles. The highest BCUT2D eigenvalue weighted by atomic mass is 19.4. The Morgan fingerprint density at radius 2 is 1.73 bits per heavy atom. The molecule has 0 aliphatic carbocycles. The van der Waals surface area contributed by atoms with E-state index in [1.54, 1.807) is 0 Å². The normalized spacial score (nSPS) is 11.2. The maximum atomic E-state index is 13.0. The van der Waals surface area contributed by atoms with Crippen LogP contribution in [0.2, 0.25) is 0 Å². The number of nitrogens with zero attached hydrogens (tertiary/aromatic N) is 3. The van der Waals surface area contributed by atoms with Crippen LogP contribution in [0.25, 0.3) is 0 Å². The fourth-order valence-electron chi connectivity index (χ4n) is 2.35. The minimum absolute atomic E-state index is 0.0223. The van der Waals surface area contributed by atoms with Crippen molar-refractivity contribution in [1.29, 1.82) is 0 Å². The summed E-state index contributed by atoms with van der Waals surface area (Å²) in [5.74, 6) is -1.56. The molecule has 0 unspecified atom stereocenters. The monoisotopic (exact) mass is 422 g/mol. The van der Waals surface area contributed by atoms with Crippen LogP contribution >= 0.6 is 0 Å². The van der Waals surface area contributed by atoms with Gasteiger partial charge in [-0.3, -0.25) is 0 Å². The largest absolute Gasteiger partial charge is 0.454 e. The molecule has 8 nitrogen and oxygen atoms in total. The fourth-order valence-corrected chi connectivity index (χ4v) is 2.35. The van der Waals surface area contributed by atoms with E-state index >= 15 is 0 Å². The first-order chi connectivity index (χ1) is 14.1. The van der Waals surface area contributed by atoms with Crippen molar-refractivity contribution in [3.63, 3.8) is 0 Å². The van der Waals surface area contributed by atoms with Crippen LogP contribution in [0.15, 0.2) is 42.5 Å². The van der Waals surface area contributed by atoms with E-state index in [1.165, 1.54) is 24.3 Å². The third kappa shape index (κ3) is 5.10. The smallest absolute Gasteiger partial charge is 0.416 e. The van der Waals surface area contributed by atoms with Crippen LogP contribution in [0.3, 0.4) is 0 Å². The molecule has 0 aliphatic heterocycles. The Kier molecular flexibility index (Phi) is 5.67. The van der Waals surface area contributed by atoms with Crippen LogP contribution in [0, 0.1) is 5.82 Å². The number of alkyl halides is 3. The highest BCUT2D eigenvalue weighted by Gasteiger charge is 2.31. The van der Waals surface area contributed by atoms with Crippen molar-refractivity contribution in [3.05, 3.63) is 65.2 Å². The molecular weight excluding hydrogens is 408 g/mol. The Morgan fingerprint density at radius 3 is 2.37 bits per heavy atom. The summed E-state index contributed by atoms with van der Waals surface area (Å²) in [6.45, 7) is -0.440. The lowest BCUT2D eigenvalue weighted by Crippen LogP contribution is -2.13. The van der Waals surface area contributed by atoms with Crippen molar-refractivity contribution in [1.82, 2.24) is 15.0 Å². The van der Waals surface area contributed by atoms with Gasteiger partial charge < -0.3 is 21.5 Å². The van der Waals surface area contributed by atoms with Crippen molar-refractivity contribution in [2.75, 3.05) is 16.8 Å². The number of ether oxygens (including phenoxy) is 1. The molecule has 3 rings (SSSR count). The van der Waals surface area contributed by atoms with Crippen LogP contribution in [-0.2, 0) is 17.5 Å². The summed E-state index contributed by atoms with van der Waals surface area (Å²) in [4.78, 5) is 23.9. The van der Waals surface area contributed by atoms with E-state index in [-0.39, 0.29) is 29.0 Å². The predicted octanol–water partition coefficient (Wildman–Crippen LogP) is 3.29. The van der Waals surface area contributed by atoms with Gasteiger partial charge in [-0.15, -0.1) is 0 Å². The lowest BCUT2D eigenvalue weighted by molar-refractivity contribution is -0.137. The van der Waals surface area contributed by atoms with E-state index in [2.05, 4.69) is 20.3 Å². The van der Waals surface area contributed by atoms with Gasteiger partial charge in [-0.05, 0) is 42.5 Å². The summed E-state index contributed by atoms with van der Waals surface area (Å²) in [7, 11) is 0. The SMILES string of the molecule is Nc1nc(COC(=O)c2ccc(C(F)(F)F)cc2N)nc(Nc2ccc(F)cc2)n1. The molecule has 156 valence electrons. The first-order valence-corrected chi connectivity index (χ1v) is 8.28. The highest BCUT2D eigenvalue weighted by Crippen LogP contribution is 2.31. The molecule has 0 aliphatic rings. The van der Waals surface area contributed by atoms with Crippen molar-refractivity contribution in [2.24, 2.45) is 0 Å². The number of carbonyl (C=O) groups excluding carboxylic acids is 1. The minimum Gasteiger partial charge on any atom is -0.454 e. The third-order valence-corrected chi connectivity index (χ3v) is 3.73. The number of benzene rings is 2. The highest BCUT2D eigenvalue weighted by molar-refractivity contribution is 5.95. The Bertz CT molecular complexity index is 1070. The molecule has 0 spiro atoms. The summed E-state index contributed by atoms with van der Waals surface area (Å²) in [6, 6.07) is 7.63. The second kappa shape index (κ2) is 8.19. The van der Waals surface area contributed by atoms with Crippen LogP contribution < -0.4 is 16.8 Å². The molecule has 0 radical (unpaired) electrons. The summed E-state index contributed by atoms with van der Waals surface area (Å²) < 4.78 is 56.1. The quantitative estimate of drug-likeness (QED) is 0.325.